The predicted octanol–water partition coefficient (Wildman–Crippen LogP) is 1.36. The summed E-state index contributed by atoms with van der Waals surface area (Å²) in [5.74, 6) is 0. The molecule has 72 valence electrons. The van der Waals surface area contributed by atoms with Gasteiger partial charge in [0.15, 0.2) is 0 Å². The topological polar surface area (TPSA) is 48.0 Å². The van der Waals surface area contributed by atoms with E-state index < -0.39 is 0 Å². The van der Waals surface area contributed by atoms with Gasteiger partial charge < -0.3 is 10.3 Å². The molecule has 1 aliphatic carbocycles. The molecule has 2 rings (SSSR count). The Bertz CT molecular complexity index is 368. The lowest BCUT2D eigenvalue weighted by Crippen LogP contribution is -2.29. The molecule has 3 nitrogen and oxygen atoms in total. The highest BCUT2D eigenvalue weighted by molar-refractivity contribution is 5.85. The summed E-state index contributed by atoms with van der Waals surface area (Å²) in [6, 6.07) is 3.46. The van der Waals surface area contributed by atoms with Crippen LogP contribution in [0.25, 0.3) is 0 Å². The Kier molecular flexibility index (Phi) is 2.39. The van der Waals surface area contributed by atoms with Crippen LogP contribution < -0.4 is 11.3 Å². The highest BCUT2D eigenvalue weighted by atomic mass is 35.5. The number of anilines is 1. The van der Waals surface area contributed by atoms with E-state index in [0.717, 1.165) is 12.8 Å². The molecule has 1 saturated carbocycles. The van der Waals surface area contributed by atoms with Gasteiger partial charge in [-0.05, 0) is 31.9 Å². The van der Waals surface area contributed by atoms with Crippen LogP contribution in [0.5, 0.6) is 0 Å². The van der Waals surface area contributed by atoms with E-state index in [0.29, 0.717) is 5.69 Å². The molecular weight excluding hydrogens is 188 g/mol. The van der Waals surface area contributed by atoms with Gasteiger partial charge >= 0.3 is 0 Å². The smallest absolute Gasteiger partial charge is 0.274 e. The zero-order chi connectivity index (χ0) is 8.77. The van der Waals surface area contributed by atoms with Crippen LogP contribution in [0.1, 0.15) is 19.8 Å². The molecule has 0 radical (unpaired) electrons. The molecular formula is C9H13ClN2O. The van der Waals surface area contributed by atoms with Gasteiger partial charge in [0.25, 0.3) is 5.56 Å². The largest absolute Gasteiger partial charge is 0.394 e. The number of hydrogen-bond acceptors (Lipinski definition) is 2. The number of nitrogens with zero attached hydrogens (tertiary/aromatic N) is 1. The lowest BCUT2D eigenvalue weighted by molar-refractivity contribution is 0.514. The van der Waals surface area contributed by atoms with Crippen molar-refractivity contribution in [3.05, 3.63) is 28.7 Å². The molecule has 0 bridgehead atoms. The number of rotatable bonds is 1. The fourth-order valence-corrected chi connectivity index (χ4v) is 1.36. The first-order valence-corrected chi connectivity index (χ1v) is 4.11. The van der Waals surface area contributed by atoms with Crippen molar-refractivity contribution in [2.75, 3.05) is 5.73 Å². The van der Waals surface area contributed by atoms with Crippen LogP contribution in [-0.4, -0.2) is 4.57 Å². The van der Waals surface area contributed by atoms with E-state index in [-0.39, 0.29) is 23.5 Å². The third-order valence-electron chi connectivity index (χ3n) is 2.53. The van der Waals surface area contributed by atoms with Gasteiger partial charge in [0.2, 0.25) is 0 Å². The zero-order valence-electron chi connectivity index (χ0n) is 7.49. The summed E-state index contributed by atoms with van der Waals surface area (Å²) >= 11 is 0. The first kappa shape index (κ1) is 10.1. The predicted molar refractivity (Wildman–Crippen MR) is 55.2 cm³/mol. The second-order valence-corrected chi connectivity index (χ2v) is 3.64. The second kappa shape index (κ2) is 3.07. The van der Waals surface area contributed by atoms with Gasteiger partial charge in [-0.3, -0.25) is 4.79 Å². The van der Waals surface area contributed by atoms with Crippen molar-refractivity contribution in [3.8, 4) is 0 Å². The minimum atomic E-state index is -0.0579. The van der Waals surface area contributed by atoms with E-state index in [2.05, 4.69) is 6.92 Å². The average molecular weight is 201 g/mol. The number of aromatic nitrogens is 1. The summed E-state index contributed by atoms with van der Waals surface area (Å²) in [6.07, 6.45) is 3.97. The minimum Gasteiger partial charge on any atom is -0.394 e. The van der Waals surface area contributed by atoms with E-state index >= 15 is 0 Å². The van der Waals surface area contributed by atoms with E-state index in [1.165, 1.54) is 0 Å². The normalized spacial score (nSPS) is 17.6. The number of hydrogen-bond donors (Lipinski definition) is 1. The molecule has 1 aromatic rings. The maximum Gasteiger partial charge on any atom is 0.274 e. The Morgan fingerprint density at radius 1 is 1.54 bits per heavy atom. The Morgan fingerprint density at radius 3 is 2.69 bits per heavy atom. The third kappa shape index (κ3) is 1.56. The summed E-state index contributed by atoms with van der Waals surface area (Å²) in [4.78, 5) is 11.5. The highest BCUT2D eigenvalue weighted by Gasteiger charge is 2.39. The number of pyridine rings is 1. The zero-order valence-corrected chi connectivity index (χ0v) is 8.30. The van der Waals surface area contributed by atoms with Crippen LogP contribution in [0.4, 0.5) is 5.69 Å². The summed E-state index contributed by atoms with van der Waals surface area (Å²) in [6.45, 7) is 2.08. The Hall–Kier alpha value is -0.960. The van der Waals surface area contributed by atoms with Gasteiger partial charge in [0.05, 0.1) is 5.69 Å². The quantitative estimate of drug-likeness (QED) is 0.744. The van der Waals surface area contributed by atoms with Gasteiger partial charge in [-0.15, -0.1) is 12.4 Å². The Balaban J connectivity index is 0.000000845. The third-order valence-corrected chi connectivity index (χ3v) is 2.53. The number of nitrogen functional groups attached to an aromatic ring is 1. The lowest BCUT2D eigenvalue weighted by atomic mass is 10.3. The van der Waals surface area contributed by atoms with Crippen molar-refractivity contribution in [1.82, 2.24) is 4.57 Å². The maximum atomic E-state index is 11.5. The first-order chi connectivity index (χ1) is 5.63. The van der Waals surface area contributed by atoms with Crippen LogP contribution in [-0.2, 0) is 5.54 Å². The molecule has 0 saturated heterocycles. The van der Waals surface area contributed by atoms with Crippen LogP contribution in [0.3, 0.4) is 0 Å². The van der Waals surface area contributed by atoms with Crippen molar-refractivity contribution in [2.45, 2.75) is 25.3 Å². The van der Waals surface area contributed by atoms with E-state index in [4.69, 9.17) is 5.73 Å². The molecule has 4 heteroatoms. The SMILES string of the molecule is CC1(n2cccc(N)c2=O)CC1.Cl. The van der Waals surface area contributed by atoms with Gasteiger partial charge in [0, 0.05) is 11.7 Å². The highest BCUT2D eigenvalue weighted by Crippen LogP contribution is 2.41. The van der Waals surface area contributed by atoms with Crippen LogP contribution in [0, 0.1) is 0 Å². The number of halogens is 1. The lowest BCUT2D eigenvalue weighted by Gasteiger charge is -2.12. The van der Waals surface area contributed by atoms with Crippen LogP contribution in [0.2, 0.25) is 0 Å². The molecule has 1 fully saturated rings. The maximum absolute atomic E-state index is 11.5. The molecule has 13 heavy (non-hydrogen) atoms. The van der Waals surface area contributed by atoms with Gasteiger partial charge in [-0.1, -0.05) is 0 Å². The molecule has 0 atom stereocenters. The van der Waals surface area contributed by atoms with Crippen molar-refractivity contribution in [3.63, 3.8) is 0 Å². The number of nitrogens with two attached hydrogens (primary N) is 1. The van der Waals surface area contributed by atoms with Gasteiger partial charge in [-0.2, -0.15) is 0 Å². The fourth-order valence-electron chi connectivity index (χ4n) is 1.36. The van der Waals surface area contributed by atoms with Crippen LogP contribution >= 0.6 is 12.4 Å². The second-order valence-electron chi connectivity index (χ2n) is 3.64. The van der Waals surface area contributed by atoms with E-state index in [1.54, 1.807) is 10.6 Å². The Morgan fingerprint density at radius 2 is 2.15 bits per heavy atom. The van der Waals surface area contributed by atoms with E-state index in [1.807, 2.05) is 12.3 Å². The molecule has 0 aromatic carbocycles. The van der Waals surface area contributed by atoms with Gasteiger partial charge in [-0.25, -0.2) is 0 Å². The summed E-state index contributed by atoms with van der Waals surface area (Å²) in [5, 5.41) is 0. The summed E-state index contributed by atoms with van der Waals surface area (Å²) < 4.78 is 1.74. The van der Waals surface area contributed by atoms with Crippen molar-refractivity contribution in [2.24, 2.45) is 0 Å². The standard InChI is InChI=1S/C9H12N2O.ClH/c1-9(4-5-9)11-6-2-3-7(10)8(11)12;/h2-3,6H,4-5,10H2,1H3;1H. The molecule has 0 unspecified atom stereocenters. The summed E-state index contributed by atoms with van der Waals surface area (Å²) in [5.41, 5.74) is 5.84. The molecule has 1 aromatic heterocycles. The molecule has 2 N–H and O–H groups in total. The molecule has 0 aliphatic heterocycles. The molecule has 1 heterocycles. The van der Waals surface area contributed by atoms with Crippen molar-refractivity contribution >= 4 is 18.1 Å². The Labute approximate surface area is 83.0 Å². The first-order valence-electron chi connectivity index (χ1n) is 4.11. The summed E-state index contributed by atoms with van der Waals surface area (Å²) in [7, 11) is 0. The van der Waals surface area contributed by atoms with E-state index in [9.17, 15) is 4.79 Å². The monoisotopic (exact) mass is 200 g/mol. The molecule has 0 spiro atoms. The van der Waals surface area contributed by atoms with Crippen LogP contribution in [0.15, 0.2) is 23.1 Å². The van der Waals surface area contributed by atoms with Crippen molar-refractivity contribution in [1.29, 1.82) is 0 Å². The molecule has 1 aliphatic rings. The van der Waals surface area contributed by atoms with Crippen molar-refractivity contribution < 1.29 is 0 Å². The minimum absolute atomic E-state index is 0. The average Bonchev–Trinajstić information content (AvgIpc) is 2.75. The fraction of sp³-hybridized carbons (Fsp3) is 0.444. The van der Waals surface area contributed by atoms with Gasteiger partial charge in [0.1, 0.15) is 0 Å². The molecule has 0 amide bonds.